The van der Waals surface area contributed by atoms with Gasteiger partial charge in [-0.15, -0.1) is 23.1 Å². The van der Waals surface area contributed by atoms with Crippen molar-refractivity contribution in [3.63, 3.8) is 0 Å². The Morgan fingerprint density at radius 2 is 2.07 bits per heavy atom. The number of thiophene rings is 1. The van der Waals surface area contributed by atoms with Crippen LogP contribution in [0, 0.1) is 0 Å². The minimum atomic E-state index is -1.51. The zero-order chi connectivity index (χ0) is 19.7. The van der Waals surface area contributed by atoms with Crippen molar-refractivity contribution in [2.45, 2.75) is 36.9 Å². The van der Waals surface area contributed by atoms with Crippen molar-refractivity contribution in [1.82, 2.24) is 10.2 Å². The van der Waals surface area contributed by atoms with Gasteiger partial charge in [-0.2, -0.15) is 0 Å². The zero-order valence-electron chi connectivity index (χ0n) is 15.6. The van der Waals surface area contributed by atoms with Crippen molar-refractivity contribution < 1.29 is 58.6 Å². The number of aliphatic carboxylic acids is 1. The molecule has 3 heterocycles. The topological polar surface area (TPSA) is 116 Å². The number of nitrogens with one attached hydrogen (secondary N) is 1. The van der Waals surface area contributed by atoms with E-state index in [0.29, 0.717) is 5.57 Å². The van der Waals surface area contributed by atoms with E-state index in [9.17, 15) is 24.3 Å². The van der Waals surface area contributed by atoms with Gasteiger partial charge in [-0.3, -0.25) is 19.3 Å². The summed E-state index contributed by atoms with van der Waals surface area (Å²) in [5.41, 5.74) is 0.0319. The van der Waals surface area contributed by atoms with Crippen molar-refractivity contribution in [3.05, 3.63) is 33.7 Å². The number of β-lactam (4-membered cyclic amide) rings is 1. The maximum Gasteiger partial charge on any atom is 1.00 e. The Kier molecular flexibility index (Phi) is 7.74. The Balaban J connectivity index is 0.00000280. The molecule has 1 aromatic heterocycles. The number of fused-ring (bicyclic) bond motifs is 1. The summed E-state index contributed by atoms with van der Waals surface area (Å²) < 4.78 is 4.92. The van der Waals surface area contributed by atoms with Crippen LogP contribution in [0.5, 0.6) is 0 Å². The molecule has 0 aromatic carbocycles. The van der Waals surface area contributed by atoms with E-state index in [1.165, 1.54) is 30.0 Å². The third kappa shape index (κ3) is 4.62. The summed E-state index contributed by atoms with van der Waals surface area (Å²) in [6.07, 6.45) is 0.162. The number of hydrogen-bond acceptors (Lipinski definition) is 8. The van der Waals surface area contributed by atoms with Crippen LogP contribution in [-0.4, -0.2) is 51.9 Å². The predicted molar refractivity (Wildman–Crippen MR) is 96.3 cm³/mol. The van der Waals surface area contributed by atoms with Gasteiger partial charge >= 0.3 is 35.5 Å². The summed E-state index contributed by atoms with van der Waals surface area (Å²) in [6.45, 7) is 2.76. The number of rotatable bonds is 6. The molecule has 3 atom stereocenters. The largest absolute Gasteiger partial charge is 1.00 e. The summed E-state index contributed by atoms with van der Waals surface area (Å²) in [5, 5.41) is 15.3. The number of ether oxygens (including phenoxy) is 1. The van der Waals surface area contributed by atoms with Gasteiger partial charge in [0, 0.05) is 22.6 Å². The second kappa shape index (κ2) is 9.45. The molecule has 1 fully saturated rings. The van der Waals surface area contributed by atoms with Crippen LogP contribution < -0.4 is 40.0 Å². The average Bonchev–Trinajstić information content (AvgIpc) is 3.10. The molecular formula is C17H17N2NaO6S2. The van der Waals surface area contributed by atoms with Crippen LogP contribution in [0.4, 0.5) is 0 Å². The molecule has 3 rings (SSSR count). The number of thioether (sulfide) groups is 1. The molecule has 0 aliphatic carbocycles. The fraction of sp³-hybridized carbons (Fsp3) is 0.412. The molecule has 1 aromatic rings. The van der Waals surface area contributed by atoms with Gasteiger partial charge in [0.15, 0.2) is 0 Å². The third-order valence-corrected chi connectivity index (χ3v) is 6.61. The van der Waals surface area contributed by atoms with Crippen LogP contribution >= 0.6 is 23.1 Å². The van der Waals surface area contributed by atoms with E-state index < -0.39 is 29.3 Å². The molecule has 2 aliphatic heterocycles. The number of carboxylic acids is 1. The van der Waals surface area contributed by atoms with Crippen molar-refractivity contribution >= 4 is 46.9 Å². The van der Waals surface area contributed by atoms with E-state index >= 15 is 0 Å². The average molecular weight is 432 g/mol. The van der Waals surface area contributed by atoms with Gasteiger partial charge in [-0.05, 0) is 18.4 Å². The van der Waals surface area contributed by atoms with Gasteiger partial charge in [-0.25, -0.2) is 0 Å². The van der Waals surface area contributed by atoms with E-state index in [1.54, 1.807) is 6.92 Å². The molecule has 144 valence electrons. The van der Waals surface area contributed by atoms with E-state index in [4.69, 9.17) is 4.74 Å². The fourth-order valence-corrected chi connectivity index (χ4v) is 5.14. The number of carboxylic acid groups (broad SMARTS) is 1. The molecule has 0 saturated carbocycles. The van der Waals surface area contributed by atoms with Gasteiger partial charge < -0.3 is 20.0 Å². The quantitative estimate of drug-likeness (QED) is 0.284. The Bertz CT molecular complexity index is 826. The van der Waals surface area contributed by atoms with Crippen LogP contribution in [0.1, 0.15) is 18.7 Å². The van der Waals surface area contributed by atoms with Crippen LogP contribution in [0.15, 0.2) is 28.8 Å². The molecule has 1 N–H and O–H groups in total. The summed E-state index contributed by atoms with van der Waals surface area (Å²) in [7, 11) is 0. The molecule has 2 amide bonds. The van der Waals surface area contributed by atoms with Crippen molar-refractivity contribution in [1.29, 1.82) is 0 Å². The minimum Gasteiger partial charge on any atom is -0.543 e. The van der Waals surface area contributed by atoms with Crippen molar-refractivity contribution in [2.75, 3.05) is 6.61 Å². The maximum absolute atomic E-state index is 12.5. The molecule has 2 aliphatic rings. The maximum atomic E-state index is 12.5. The fourth-order valence-electron chi connectivity index (χ4n) is 3.00. The van der Waals surface area contributed by atoms with Gasteiger partial charge in [0.2, 0.25) is 5.91 Å². The molecule has 0 spiro atoms. The van der Waals surface area contributed by atoms with Crippen molar-refractivity contribution in [2.24, 2.45) is 0 Å². The van der Waals surface area contributed by atoms with E-state index in [2.05, 4.69) is 5.32 Å². The molecule has 1 saturated heterocycles. The molecule has 11 heteroatoms. The molecule has 0 bridgehead atoms. The first-order chi connectivity index (χ1) is 12.8. The van der Waals surface area contributed by atoms with Gasteiger partial charge in [0.05, 0.1) is 18.1 Å². The Hall–Kier alpha value is -1.33. The molecule has 1 unspecified atom stereocenters. The number of amides is 2. The first-order valence-corrected chi connectivity index (χ1v) is 10.00. The van der Waals surface area contributed by atoms with Gasteiger partial charge in [0.1, 0.15) is 18.0 Å². The smallest absolute Gasteiger partial charge is 0.543 e. The van der Waals surface area contributed by atoms with E-state index in [1.807, 2.05) is 17.5 Å². The van der Waals surface area contributed by atoms with E-state index in [-0.39, 0.29) is 59.4 Å². The monoisotopic (exact) mass is 432 g/mol. The minimum absolute atomic E-state index is 0. The summed E-state index contributed by atoms with van der Waals surface area (Å²) in [5.74, 6) is -2.87. The second-order valence-corrected chi connectivity index (χ2v) is 8.61. The Morgan fingerprint density at radius 1 is 1.36 bits per heavy atom. The molecule has 0 radical (unpaired) electrons. The van der Waals surface area contributed by atoms with Crippen LogP contribution in [-0.2, 0) is 30.3 Å². The summed E-state index contributed by atoms with van der Waals surface area (Å²) in [4.78, 5) is 49.4. The number of hydrogen-bond donors (Lipinski definition) is 1. The molecule has 8 nitrogen and oxygen atoms in total. The van der Waals surface area contributed by atoms with Crippen LogP contribution in [0.25, 0.3) is 0 Å². The number of esters is 1. The third-order valence-electron chi connectivity index (χ3n) is 4.28. The normalized spacial score (nSPS) is 23.3. The first-order valence-electron chi connectivity index (χ1n) is 8.17. The SMILES string of the molecule is CC(=O)OCC1=C(C(=O)[O-])N2C(=O)C(NC(=O)Cc3cccs3)[C@H]2S[C@H]1C.[Na+]. The van der Waals surface area contributed by atoms with Crippen LogP contribution in [0.2, 0.25) is 0 Å². The van der Waals surface area contributed by atoms with Crippen molar-refractivity contribution in [3.8, 4) is 0 Å². The standard InChI is InChI=1S/C17H18N2O6S2.Na/c1-8-11(7-25-9(2)20)14(17(23)24)19-15(22)13(16(19)27-8)18-12(21)6-10-4-3-5-26-10;/h3-5,8,13,16H,6-7H2,1-2H3,(H,18,21)(H,23,24);/q;+1/p-1/t8-,13?,16+;/m0./s1. The number of carbonyl (C=O) groups is 4. The predicted octanol–water partition coefficient (Wildman–Crippen LogP) is -3.35. The summed E-state index contributed by atoms with van der Waals surface area (Å²) >= 11 is 2.78. The van der Waals surface area contributed by atoms with Crippen LogP contribution in [0.3, 0.4) is 0 Å². The zero-order valence-corrected chi connectivity index (χ0v) is 19.2. The number of carbonyl (C=O) groups excluding carboxylic acids is 4. The molecule has 28 heavy (non-hydrogen) atoms. The first kappa shape index (κ1) is 23.0. The van der Waals surface area contributed by atoms with E-state index in [0.717, 1.165) is 9.78 Å². The molecular weight excluding hydrogens is 415 g/mol. The van der Waals surface area contributed by atoms with Gasteiger partial charge in [-0.1, -0.05) is 6.07 Å². The van der Waals surface area contributed by atoms with Gasteiger partial charge in [0.25, 0.3) is 5.91 Å². The second-order valence-electron chi connectivity index (χ2n) is 6.12. The number of nitrogens with zero attached hydrogens (tertiary/aromatic N) is 1. The Labute approximate surface area is 192 Å². The summed E-state index contributed by atoms with van der Waals surface area (Å²) in [6, 6.07) is 2.87. The Morgan fingerprint density at radius 3 is 2.64 bits per heavy atom.